The Hall–Kier alpha value is -3.05. The van der Waals surface area contributed by atoms with Gasteiger partial charge in [0.1, 0.15) is 5.82 Å². The fourth-order valence-corrected chi connectivity index (χ4v) is 4.25. The van der Waals surface area contributed by atoms with Crippen LogP contribution in [-0.2, 0) is 11.2 Å². The average Bonchev–Trinajstić information content (AvgIpc) is 2.95. The van der Waals surface area contributed by atoms with Crippen molar-refractivity contribution in [3.8, 4) is 0 Å². The Labute approximate surface area is 201 Å². The van der Waals surface area contributed by atoms with Crippen LogP contribution in [0.3, 0.4) is 0 Å². The van der Waals surface area contributed by atoms with Crippen molar-refractivity contribution in [3.05, 3.63) is 83.2 Å². The van der Waals surface area contributed by atoms with Crippen molar-refractivity contribution >= 4 is 22.9 Å². The van der Waals surface area contributed by atoms with E-state index in [1.54, 1.807) is 18.2 Å². The van der Waals surface area contributed by atoms with E-state index in [2.05, 4.69) is 6.07 Å². The number of carboxylic acid groups (broad SMARTS) is 1. The van der Waals surface area contributed by atoms with Crippen molar-refractivity contribution in [1.29, 1.82) is 0 Å². The molecule has 5 heteroatoms. The molecular weight excluding hydrogens is 429 g/mol. The first kappa shape index (κ1) is 25.6. The Kier molecular flexibility index (Phi) is 9.34. The molecule has 1 aliphatic heterocycles. The maximum atomic E-state index is 13.6. The van der Waals surface area contributed by atoms with Gasteiger partial charge < -0.3 is 10.2 Å². The first-order valence-corrected chi connectivity index (χ1v) is 12.3. The minimum absolute atomic E-state index is 0.0402. The van der Waals surface area contributed by atoms with Gasteiger partial charge in [0, 0.05) is 24.3 Å². The fraction of sp³-hybridized carbons (Fsp3) is 0.379. The molecule has 0 spiro atoms. The molecule has 0 amide bonds. The highest BCUT2D eigenvalue weighted by Crippen LogP contribution is 2.39. The first-order valence-electron chi connectivity index (χ1n) is 12.3. The summed E-state index contributed by atoms with van der Waals surface area (Å²) < 4.78 is 13.6. The molecule has 2 aromatic carbocycles. The highest BCUT2D eigenvalue weighted by Gasteiger charge is 2.29. The second-order valence-corrected chi connectivity index (χ2v) is 8.54. The number of aliphatic hydroxyl groups excluding tert-OH is 1. The summed E-state index contributed by atoms with van der Waals surface area (Å²) in [4.78, 5) is 15.8. The molecule has 2 aromatic rings. The van der Waals surface area contributed by atoms with Gasteiger partial charge in [-0.2, -0.15) is 0 Å². The number of rotatable bonds is 8. The first-order chi connectivity index (χ1) is 16.5. The van der Waals surface area contributed by atoms with Gasteiger partial charge in [-0.3, -0.25) is 9.79 Å². The topological polar surface area (TPSA) is 69.9 Å². The van der Waals surface area contributed by atoms with Crippen LogP contribution < -0.4 is 0 Å². The van der Waals surface area contributed by atoms with Crippen LogP contribution in [0.1, 0.15) is 63.5 Å². The molecule has 2 N–H and O–H groups in total. The lowest BCUT2D eigenvalue weighted by molar-refractivity contribution is -0.137. The van der Waals surface area contributed by atoms with E-state index < -0.39 is 12.1 Å². The summed E-state index contributed by atoms with van der Waals surface area (Å²) in [6, 6.07) is 14.7. The van der Waals surface area contributed by atoms with Crippen molar-refractivity contribution in [2.75, 3.05) is 0 Å². The van der Waals surface area contributed by atoms with Crippen molar-refractivity contribution in [2.24, 2.45) is 10.9 Å². The molecular formula is C29H34FNO3. The van der Waals surface area contributed by atoms with Crippen LogP contribution >= 0.6 is 0 Å². The van der Waals surface area contributed by atoms with E-state index in [1.165, 1.54) is 18.6 Å². The number of benzene rings is 2. The van der Waals surface area contributed by atoms with E-state index in [-0.39, 0.29) is 12.2 Å². The highest BCUT2D eigenvalue weighted by molar-refractivity contribution is 6.12. The lowest BCUT2D eigenvalue weighted by Gasteiger charge is -2.28. The molecule has 2 aliphatic rings. The SMILES string of the molecule is CC.O=C(O)CCCC(O)/C=C/C1=C(c2ccc(F)cc2)Cc2ccccc2N=C1C1CCC1. The molecule has 0 bridgehead atoms. The second kappa shape index (κ2) is 12.4. The van der Waals surface area contributed by atoms with Gasteiger partial charge in [0.25, 0.3) is 0 Å². The monoisotopic (exact) mass is 463 g/mol. The molecule has 1 saturated carbocycles. The van der Waals surface area contributed by atoms with Gasteiger partial charge in [0.2, 0.25) is 0 Å². The van der Waals surface area contributed by atoms with Crippen LogP contribution in [0.25, 0.3) is 5.57 Å². The lowest BCUT2D eigenvalue weighted by atomic mass is 9.77. The molecule has 0 radical (unpaired) electrons. The molecule has 1 heterocycles. The van der Waals surface area contributed by atoms with Crippen LogP contribution in [0.4, 0.5) is 10.1 Å². The Morgan fingerprint density at radius 2 is 1.85 bits per heavy atom. The van der Waals surface area contributed by atoms with Gasteiger partial charge in [-0.25, -0.2) is 4.39 Å². The molecule has 1 atom stereocenters. The number of allylic oxidation sites excluding steroid dienone is 3. The number of halogens is 1. The van der Waals surface area contributed by atoms with Crippen molar-refractivity contribution in [3.63, 3.8) is 0 Å². The number of nitrogens with zero attached hydrogens (tertiary/aromatic N) is 1. The lowest BCUT2D eigenvalue weighted by Crippen LogP contribution is -2.24. The number of aliphatic hydroxyl groups is 1. The van der Waals surface area contributed by atoms with Gasteiger partial charge >= 0.3 is 5.97 Å². The number of carboxylic acids is 1. The smallest absolute Gasteiger partial charge is 0.303 e. The third-order valence-electron chi connectivity index (χ3n) is 6.26. The van der Waals surface area contributed by atoms with Crippen molar-refractivity contribution < 1.29 is 19.4 Å². The minimum atomic E-state index is -0.858. The van der Waals surface area contributed by atoms with Gasteiger partial charge in [-0.05, 0) is 60.6 Å². The zero-order valence-electron chi connectivity index (χ0n) is 20.0. The largest absolute Gasteiger partial charge is 0.481 e. The average molecular weight is 464 g/mol. The second-order valence-electron chi connectivity index (χ2n) is 8.54. The summed E-state index contributed by atoms with van der Waals surface area (Å²) in [5.74, 6) is -0.772. The molecule has 1 aliphatic carbocycles. The Balaban J connectivity index is 0.00000158. The number of aliphatic imine (C=N–C) groups is 1. The highest BCUT2D eigenvalue weighted by atomic mass is 19.1. The van der Waals surface area contributed by atoms with E-state index in [1.807, 2.05) is 38.1 Å². The van der Waals surface area contributed by atoms with Crippen LogP contribution in [0.2, 0.25) is 0 Å². The van der Waals surface area contributed by atoms with Gasteiger partial charge in [-0.1, -0.05) is 62.8 Å². The summed E-state index contributed by atoms with van der Waals surface area (Å²) >= 11 is 0. The standard InChI is InChI=1S/C27H28FNO3.C2H6/c28-21-13-11-18(12-14-21)24-17-20-5-1-2-9-25(20)29-27(19-6-3-7-19)23(24)16-15-22(30)8-4-10-26(31)32;1-2/h1-2,5,9,11-16,19,22,30H,3-4,6-8,10,17H2,(H,31,32);1-2H3/b16-15+;. The predicted molar refractivity (Wildman–Crippen MR) is 136 cm³/mol. The van der Waals surface area contributed by atoms with Gasteiger partial charge in [0.05, 0.1) is 17.5 Å². The van der Waals surface area contributed by atoms with Crippen LogP contribution in [0.5, 0.6) is 0 Å². The van der Waals surface area contributed by atoms with E-state index in [9.17, 15) is 14.3 Å². The minimum Gasteiger partial charge on any atom is -0.481 e. The van der Waals surface area contributed by atoms with E-state index in [0.29, 0.717) is 25.2 Å². The number of para-hydroxylation sites is 1. The number of aliphatic carboxylic acids is 1. The molecule has 1 fully saturated rings. The number of hydrogen-bond acceptors (Lipinski definition) is 3. The molecule has 0 saturated heterocycles. The van der Waals surface area contributed by atoms with Gasteiger partial charge in [-0.15, -0.1) is 0 Å². The van der Waals surface area contributed by atoms with E-state index >= 15 is 0 Å². The maximum Gasteiger partial charge on any atom is 0.303 e. The molecule has 180 valence electrons. The molecule has 4 rings (SSSR count). The summed E-state index contributed by atoms with van der Waals surface area (Å²) in [5, 5.41) is 19.3. The third-order valence-corrected chi connectivity index (χ3v) is 6.26. The third kappa shape index (κ3) is 6.51. The number of fused-ring (bicyclic) bond motifs is 1. The molecule has 34 heavy (non-hydrogen) atoms. The summed E-state index contributed by atoms with van der Waals surface area (Å²) in [7, 11) is 0. The number of carbonyl (C=O) groups is 1. The van der Waals surface area contributed by atoms with Crippen molar-refractivity contribution in [1.82, 2.24) is 0 Å². The molecule has 1 unspecified atom stereocenters. The summed E-state index contributed by atoms with van der Waals surface area (Å²) in [6.45, 7) is 4.00. The fourth-order valence-electron chi connectivity index (χ4n) is 4.25. The summed E-state index contributed by atoms with van der Waals surface area (Å²) in [5.41, 5.74) is 6.09. The normalized spacial score (nSPS) is 16.6. The molecule has 4 nitrogen and oxygen atoms in total. The van der Waals surface area contributed by atoms with Crippen LogP contribution in [0.15, 0.2) is 71.2 Å². The Morgan fingerprint density at radius 3 is 2.50 bits per heavy atom. The number of hydrogen-bond donors (Lipinski definition) is 2. The van der Waals surface area contributed by atoms with E-state index in [4.69, 9.17) is 10.1 Å². The quantitative estimate of drug-likeness (QED) is 0.447. The van der Waals surface area contributed by atoms with Crippen LogP contribution in [-0.4, -0.2) is 28.0 Å². The Morgan fingerprint density at radius 1 is 1.15 bits per heavy atom. The van der Waals surface area contributed by atoms with E-state index in [0.717, 1.165) is 46.5 Å². The van der Waals surface area contributed by atoms with Crippen molar-refractivity contribution in [2.45, 2.75) is 64.9 Å². The van der Waals surface area contributed by atoms with Crippen LogP contribution in [0, 0.1) is 11.7 Å². The predicted octanol–water partition coefficient (Wildman–Crippen LogP) is 6.91. The molecule has 0 aromatic heterocycles. The summed E-state index contributed by atoms with van der Waals surface area (Å²) in [6.07, 6.45) is 7.79. The zero-order valence-corrected chi connectivity index (χ0v) is 20.0. The zero-order chi connectivity index (χ0) is 24.5. The Bertz CT molecular complexity index is 1070. The maximum absolute atomic E-state index is 13.6. The van der Waals surface area contributed by atoms with Gasteiger partial charge in [0.15, 0.2) is 0 Å².